The average molecular weight is 654 g/mol. The number of nitrogens with zero attached hydrogens (tertiary/aromatic N) is 1. The van der Waals surface area contributed by atoms with Crippen molar-refractivity contribution in [2.45, 2.75) is 55.3 Å². The maximum atomic E-state index is 14.4. The SMILES string of the molecule is COc1cc(S(C)(=O)=O)c(F)cc1NCC#Cc1sc2c(NC3CCC(N4CCOCC4)CC3)cccc2c1CC(F)(F)F. The summed E-state index contributed by atoms with van der Waals surface area (Å²) in [6, 6.07) is 8.23. The normalized spacial score (nSPS) is 19.8. The van der Waals surface area contributed by atoms with E-state index in [4.69, 9.17) is 9.47 Å². The van der Waals surface area contributed by atoms with Crippen LogP contribution in [-0.2, 0) is 21.0 Å². The molecule has 3 aromatic rings. The quantitative estimate of drug-likeness (QED) is 0.226. The summed E-state index contributed by atoms with van der Waals surface area (Å²) < 4.78 is 90.5. The van der Waals surface area contributed by atoms with Crippen molar-refractivity contribution < 1.29 is 35.5 Å². The lowest BCUT2D eigenvalue weighted by Gasteiger charge is -2.39. The molecule has 1 aliphatic heterocycles. The van der Waals surface area contributed by atoms with Gasteiger partial charge in [-0.3, -0.25) is 4.90 Å². The predicted molar refractivity (Wildman–Crippen MR) is 165 cm³/mol. The first-order valence-corrected chi connectivity index (χ1v) is 17.1. The van der Waals surface area contributed by atoms with Crippen LogP contribution in [0.3, 0.4) is 0 Å². The van der Waals surface area contributed by atoms with Crippen LogP contribution in [-0.4, -0.2) is 77.8 Å². The number of fused-ring (bicyclic) bond motifs is 1. The maximum absolute atomic E-state index is 14.4. The third kappa shape index (κ3) is 7.77. The summed E-state index contributed by atoms with van der Waals surface area (Å²) in [5.41, 5.74) is 1.11. The second-order valence-electron chi connectivity index (χ2n) is 11.1. The van der Waals surface area contributed by atoms with Crippen LogP contribution in [0, 0.1) is 17.7 Å². The van der Waals surface area contributed by atoms with Gasteiger partial charge in [0.05, 0.1) is 54.2 Å². The summed E-state index contributed by atoms with van der Waals surface area (Å²) in [4.78, 5) is 2.32. The summed E-state index contributed by atoms with van der Waals surface area (Å²) in [5, 5.41) is 7.00. The number of ether oxygens (including phenoxy) is 2. The zero-order valence-electron chi connectivity index (χ0n) is 24.5. The summed E-state index contributed by atoms with van der Waals surface area (Å²) in [5.74, 6) is 4.88. The van der Waals surface area contributed by atoms with Crippen molar-refractivity contribution in [2.75, 3.05) is 56.8 Å². The standard InChI is InChI=1S/C31H35F4N3O4S2/c1-41-27-18-29(44(2,39)40)24(32)17-26(27)36-12-4-7-28-23(19-31(33,34)35)22-5-3-6-25(30(22)43-28)37-20-8-10-21(11-9-20)38-13-15-42-16-14-38/h3,5-6,17-18,20-21,36-37H,8-16,19H2,1-2H3. The Balaban J connectivity index is 1.34. The molecule has 0 atom stereocenters. The first kappa shape index (κ1) is 32.3. The van der Waals surface area contributed by atoms with Gasteiger partial charge in [-0.25, -0.2) is 12.8 Å². The van der Waals surface area contributed by atoms with Gasteiger partial charge in [0.1, 0.15) is 16.5 Å². The van der Waals surface area contributed by atoms with Crippen molar-refractivity contribution in [3.8, 4) is 17.6 Å². The van der Waals surface area contributed by atoms with E-state index in [0.717, 1.165) is 80.8 Å². The van der Waals surface area contributed by atoms with E-state index in [1.807, 2.05) is 6.07 Å². The van der Waals surface area contributed by atoms with Crippen LogP contribution in [0.25, 0.3) is 10.1 Å². The third-order valence-corrected chi connectivity index (χ3v) is 10.3. The molecule has 0 bridgehead atoms. The van der Waals surface area contributed by atoms with Gasteiger partial charge in [-0.15, -0.1) is 11.3 Å². The number of hydrogen-bond donors (Lipinski definition) is 2. The number of anilines is 2. The van der Waals surface area contributed by atoms with Crippen LogP contribution in [0.15, 0.2) is 35.2 Å². The minimum Gasteiger partial charge on any atom is -0.495 e. The monoisotopic (exact) mass is 653 g/mol. The van der Waals surface area contributed by atoms with Gasteiger partial charge >= 0.3 is 6.18 Å². The summed E-state index contributed by atoms with van der Waals surface area (Å²) in [6.07, 6.45) is -0.551. The molecule has 0 amide bonds. The Labute approximate surface area is 258 Å². The maximum Gasteiger partial charge on any atom is 0.393 e. The largest absolute Gasteiger partial charge is 0.495 e. The zero-order chi connectivity index (χ0) is 31.5. The number of benzene rings is 2. The van der Waals surface area contributed by atoms with Crippen LogP contribution in [0.5, 0.6) is 5.75 Å². The number of alkyl halides is 3. The Hall–Kier alpha value is -3.05. The number of halogens is 4. The fourth-order valence-electron chi connectivity index (χ4n) is 5.90. The molecule has 2 heterocycles. The Morgan fingerprint density at radius 1 is 1.11 bits per heavy atom. The lowest BCUT2D eigenvalue weighted by Crippen LogP contribution is -2.46. The van der Waals surface area contributed by atoms with Gasteiger partial charge < -0.3 is 20.1 Å². The lowest BCUT2D eigenvalue weighted by molar-refractivity contribution is -0.126. The Bertz CT molecular complexity index is 1650. The van der Waals surface area contributed by atoms with Gasteiger partial charge in [-0.2, -0.15) is 13.2 Å². The lowest BCUT2D eigenvalue weighted by atomic mass is 9.89. The third-order valence-electron chi connectivity index (χ3n) is 8.04. The van der Waals surface area contributed by atoms with E-state index in [2.05, 4.69) is 27.4 Å². The van der Waals surface area contributed by atoms with E-state index in [0.29, 0.717) is 16.3 Å². The Morgan fingerprint density at radius 3 is 2.50 bits per heavy atom. The number of thiophene rings is 1. The molecule has 5 rings (SSSR count). The number of methoxy groups -OCH3 is 1. The summed E-state index contributed by atoms with van der Waals surface area (Å²) in [6.45, 7) is 3.42. The van der Waals surface area contributed by atoms with Gasteiger partial charge in [0.2, 0.25) is 0 Å². The molecule has 2 aliphatic rings. The molecule has 0 spiro atoms. The van der Waals surface area contributed by atoms with Crippen LogP contribution < -0.4 is 15.4 Å². The van der Waals surface area contributed by atoms with E-state index in [1.54, 1.807) is 12.1 Å². The van der Waals surface area contributed by atoms with E-state index < -0.39 is 33.1 Å². The predicted octanol–water partition coefficient (Wildman–Crippen LogP) is 6.08. The Kier molecular flexibility index (Phi) is 9.94. The van der Waals surface area contributed by atoms with Crippen LogP contribution >= 0.6 is 11.3 Å². The fourth-order valence-corrected chi connectivity index (χ4v) is 7.80. The molecule has 1 aromatic heterocycles. The minimum atomic E-state index is -4.42. The van der Waals surface area contributed by atoms with Crippen molar-refractivity contribution in [1.29, 1.82) is 0 Å². The highest BCUT2D eigenvalue weighted by atomic mass is 32.2. The van der Waals surface area contributed by atoms with Gasteiger partial charge in [0.15, 0.2) is 9.84 Å². The van der Waals surface area contributed by atoms with Crippen molar-refractivity contribution in [3.05, 3.63) is 46.6 Å². The van der Waals surface area contributed by atoms with Crippen LogP contribution in [0.4, 0.5) is 28.9 Å². The van der Waals surface area contributed by atoms with Crippen LogP contribution in [0.1, 0.15) is 36.1 Å². The number of morpholine rings is 1. The highest BCUT2D eigenvalue weighted by molar-refractivity contribution is 7.90. The second-order valence-corrected chi connectivity index (χ2v) is 14.1. The molecular weight excluding hydrogens is 618 g/mol. The smallest absolute Gasteiger partial charge is 0.393 e. The first-order chi connectivity index (χ1) is 20.9. The van der Waals surface area contributed by atoms with Crippen molar-refractivity contribution in [3.63, 3.8) is 0 Å². The number of rotatable bonds is 8. The van der Waals surface area contributed by atoms with E-state index >= 15 is 0 Å². The fraction of sp³-hybridized carbons (Fsp3) is 0.484. The molecule has 44 heavy (non-hydrogen) atoms. The molecule has 2 N–H and O–H groups in total. The molecule has 2 aromatic carbocycles. The van der Waals surface area contributed by atoms with Gasteiger partial charge in [0.25, 0.3) is 0 Å². The number of nitrogens with one attached hydrogen (secondary N) is 2. The highest BCUT2D eigenvalue weighted by Gasteiger charge is 2.32. The molecular formula is C31H35F4N3O4S2. The van der Waals surface area contributed by atoms with Gasteiger partial charge in [-0.1, -0.05) is 24.0 Å². The van der Waals surface area contributed by atoms with Gasteiger partial charge in [-0.05, 0) is 42.7 Å². The van der Waals surface area contributed by atoms with Crippen molar-refractivity contribution >= 4 is 42.6 Å². The van der Waals surface area contributed by atoms with Gasteiger partial charge in [0, 0.05) is 43.6 Å². The minimum absolute atomic E-state index is 0.0365. The first-order valence-electron chi connectivity index (χ1n) is 14.4. The molecule has 7 nitrogen and oxygen atoms in total. The molecule has 1 aliphatic carbocycles. The number of hydrogen-bond acceptors (Lipinski definition) is 8. The summed E-state index contributed by atoms with van der Waals surface area (Å²) in [7, 11) is -2.49. The topological polar surface area (TPSA) is 79.9 Å². The Morgan fingerprint density at radius 2 is 1.84 bits per heavy atom. The molecule has 0 unspecified atom stereocenters. The molecule has 238 valence electrons. The van der Waals surface area contributed by atoms with E-state index in [-0.39, 0.29) is 29.6 Å². The molecule has 1 saturated heterocycles. The van der Waals surface area contributed by atoms with Crippen LogP contribution in [0.2, 0.25) is 0 Å². The second kappa shape index (κ2) is 13.5. The molecule has 2 fully saturated rings. The summed E-state index contributed by atoms with van der Waals surface area (Å²) >= 11 is 1.23. The van der Waals surface area contributed by atoms with Crippen molar-refractivity contribution in [2.24, 2.45) is 0 Å². The van der Waals surface area contributed by atoms with E-state index in [1.165, 1.54) is 18.4 Å². The number of sulfone groups is 1. The zero-order valence-corrected chi connectivity index (χ0v) is 26.2. The van der Waals surface area contributed by atoms with Crippen molar-refractivity contribution in [1.82, 2.24) is 4.90 Å². The molecule has 0 radical (unpaired) electrons. The molecule has 13 heteroatoms. The molecule has 1 saturated carbocycles. The average Bonchev–Trinajstić information content (AvgIpc) is 3.32. The van der Waals surface area contributed by atoms with E-state index in [9.17, 15) is 26.0 Å². The highest BCUT2D eigenvalue weighted by Crippen LogP contribution is 2.40.